The quantitative estimate of drug-likeness (QED) is 0.0523. The Labute approximate surface area is 317 Å². The lowest BCUT2D eigenvalue weighted by Crippen LogP contribution is -2.33. The Balaban J connectivity index is 1.42. The summed E-state index contributed by atoms with van der Waals surface area (Å²) in [4.78, 5) is 30.3. The first-order valence-electron chi connectivity index (χ1n) is 17.2. The Morgan fingerprint density at radius 1 is 0.827 bits per heavy atom. The van der Waals surface area contributed by atoms with Crippen molar-refractivity contribution >= 4 is 51.7 Å². The molecule has 2 N–H and O–H groups in total. The number of unbranched alkanes of at least 4 members (excludes halogenated alkanes) is 7. The molecule has 3 unspecified atom stereocenters. The standard InChI is InChI=1S/C40H42Cl2N2O7S/c1-4-5-6-7-8-9-10-11-12-37(50-36-24-22-32(26-34(36)42)52(48)51-31-21-23-35(45)33(41)25-31)39(47)44-29-17-15-28(16-18-29)38(46)40(43-3)49-30-19-13-27(2)14-20-30/h13-26,37,40,45H,4-12H2,1-2H3,(H,44,47). The maximum atomic E-state index is 13.6. The van der Waals surface area contributed by atoms with E-state index < -0.39 is 35.1 Å². The van der Waals surface area contributed by atoms with E-state index in [1.165, 1.54) is 74.2 Å². The van der Waals surface area contributed by atoms with Gasteiger partial charge in [-0.3, -0.25) is 14.4 Å². The number of Topliss-reactive ketones (excluding diaryl/α,β-unsaturated/α-hetero) is 1. The van der Waals surface area contributed by atoms with Crippen LogP contribution in [0.1, 0.15) is 80.6 Å². The van der Waals surface area contributed by atoms with Crippen LogP contribution in [0.3, 0.4) is 0 Å². The van der Waals surface area contributed by atoms with Crippen molar-refractivity contribution in [3.05, 3.63) is 118 Å². The van der Waals surface area contributed by atoms with Crippen molar-refractivity contribution < 1.29 is 32.6 Å². The zero-order chi connectivity index (χ0) is 37.5. The van der Waals surface area contributed by atoms with Gasteiger partial charge in [0.25, 0.3) is 11.7 Å². The Kier molecular flexibility index (Phi) is 15.8. The van der Waals surface area contributed by atoms with E-state index in [0.29, 0.717) is 17.9 Å². The van der Waals surface area contributed by atoms with Crippen molar-refractivity contribution in [1.29, 1.82) is 0 Å². The van der Waals surface area contributed by atoms with Gasteiger partial charge in [-0.1, -0.05) is 92.8 Å². The fourth-order valence-electron chi connectivity index (χ4n) is 5.18. The molecule has 0 spiro atoms. The number of anilines is 1. The van der Waals surface area contributed by atoms with Gasteiger partial charge in [-0.2, -0.15) is 0 Å². The van der Waals surface area contributed by atoms with Gasteiger partial charge < -0.3 is 24.1 Å². The van der Waals surface area contributed by atoms with Gasteiger partial charge in [0, 0.05) is 17.3 Å². The van der Waals surface area contributed by atoms with Gasteiger partial charge in [-0.25, -0.2) is 10.8 Å². The maximum Gasteiger partial charge on any atom is 0.431 e. The number of hydrogen-bond acceptors (Lipinski definition) is 7. The van der Waals surface area contributed by atoms with Crippen molar-refractivity contribution in [2.45, 2.75) is 88.9 Å². The molecule has 0 aromatic heterocycles. The molecule has 0 radical (unpaired) electrons. The van der Waals surface area contributed by atoms with E-state index in [1.54, 1.807) is 24.3 Å². The molecule has 0 bridgehead atoms. The van der Waals surface area contributed by atoms with Gasteiger partial charge in [0.1, 0.15) is 23.0 Å². The summed E-state index contributed by atoms with van der Waals surface area (Å²) in [6, 6.07) is 21.9. The number of halogens is 2. The number of ether oxygens (including phenoxy) is 2. The van der Waals surface area contributed by atoms with Crippen LogP contribution in [0.5, 0.6) is 23.0 Å². The lowest BCUT2D eigenvalue weighted by molar-refractivity contribution is -0.123. The third kappa shape index (κ3) is 12.3. The fourth-order valence-corrected chi connectivity index (χ4v) is 6.41. The molecule has 12 heteroatoms. The number of aryl methyl sites for hydroxylation is 1. The first-order valence-corrected chi connectivity index (χ1v) is 19.0. The summed E-state index contributed by atoms with van der Waals surface area (Å²) in [5.74, 6) is -0.187. The number of benzene rings is 4. The van der Waals surface area contributed by atoms with Crippen molar-refractivity contribution in [2.24, 2.45) is 0 Å². The summed E-state index contributed by atoms with van der Waals surface area (Å²) in [7, 11) is 0. The van der Waals surface area contributed by atoms with E-state index in [9.17, 15) is 18.9 Å². The minimum absolute atomic E-state index is 0.0544. The summed E-state index contributed by atoms with van der Waals surface area (Å²) in [6.07, 6.45) is 6.89. The molecule has 0 fully saturated rings. The van der Waals surface area contributed by atoms with Crippen LogP contribution >= 0.6 is 23.2 Å². The number of ketones is 1. The number of rotatable bonds is 20. The zero-order valence-electron chi connectivity index (χ0n) is 29.1. The van der Waals surface area contributed by atoms with E-state index in [4.69, 9.17) is 43.4 Å². The van der Waals surface area contributed by atoms with Crippen LogP contribution in [0.2, 0.25) is 10.0 Å². The highest BCUT2D eigenvalue weighted by Crippen LogP contribution is 2.32. The topological polar surface area (TPSA) is 116 Å². The number of hydrogen-bond donors (Lipinski definition) is 2. The van der Waals surface area contributed by atoms with Crippen molar-refractivity contribution in [3.63, 3.8) is 0 Å². The minimum Gasteiger partial charge on any atom is -0.506 e. The van der Waals surface area contributed by atoms with E-state index in [1.807, 2.05) is 19.1 Å². The number of phenolic OH excluding ortho intramolecular Hbond substituents is 1. The summed E-state index contributed by atoms with van der Waals surface area (Å²) < 4.78 is 30.1. The predicted molar refractivity (Wildman–Crippen MR) is 205 cm³/mol. The largest absolute Gasteiger partial charge is 0.506 e. The van der Waals surface area contributed by atoms with Crippen molar-refractivity contribution in [3.8, 4) is 23.0 Å². The van der Waals surface area contributed by atoms with Crippen LogP contribution in [0, 0.1) is 13.5 Å². The van der Waals surface area contributed by atoms with Crippen LogP contribution in [0.4, 0.5) is 5.69 Å². The molecule has 9 nitrogen and oxygen atoms in total. The molecule has 274 valence electrons. The second-order valence-corrected chi connectivity index (χ2v) is 14.2. The number of aromatic hydroxyl groups is 1. The second-order valence-electron chi connectivity index (χ2n) is 12.2. The molecule has 0 saturated carbocycles. The first-order chi connectivity index (χ1) is 25.1. The summed E-state index contributed by atoms with van der Waals surface area (Å²) in [6.45, 7) is 11.6. The molecule has 0 aliphatic heterocycles. The van der Waals surface area contributed by atoms with Crippen molar-refractivity contribution in [1.82, 2.24) is 0 Å². The summed E-state index contributed by atoms with van der Waals surface area (Å²) in [5.41, 5.74) is 1.73. The third-order valence-corrected chi connectivity index (χ3v) is 9.70. The van der Waals surface area contributed by atoms with Crippen LogP contribution in [0.25, 0.3) is 4.85 Å². The van der Waals surface area contributed by atoms with E-state index in [0.717, 1.165) is 31.2 Å². The molecule has 0 aliphatic carbocycles. The highest BCUT2D eigenvalue weighted by Gasteiger charge is 2.28. The van der Waals surface area contributed by atoms with Crippen molar-refractivity contribution in [2.75, 3.05) is 5.32 Å². The summed E-state index contributed by atoms with van der Waals surface area (Å²) >= 11 is 10.5. The SMILES string of the molecule is [C-]#[N+]C(Oc1ccc(C)cc1)C(=O)c1ccc(NC(=O)C(CCCCCCCCCC)Oc2ccc(S(=O)Oc3ccc(O)c(Cl)c3)cc2Cl)cc1. The maximum absolute atomic E-state index is 13.6. The van der Waals surface area contributed by atoms with Gasteiger partial charge in [0.2, 0.25) is 11.1 Å². The molecular formula is C40H42Cl2N2O7S. The Bertz CT molecular complexity index is 1860. The number of carbonyl (C=O) groups excluding carboxylic acids is 2. The minimum atomic E-state index is -1.95. The van der Waals surface area contributed by atoms with E-state index >= 15 is 0 Å². The monoisotopic (exact) mass is 764 g/mol. The van der Waals surface area contributed by atoms with Crippen LogP contribution < -0.4 is 19.0 Å². The summed E-state index contributed by atoms with van der Waals surface area (Å²) in [5, 5.41) is 12.7. The zero-order valence-corrected chi connectivity index (χ0v) is 31.4. The van der Waals surface area contributed by atoms with Crippen LogP contribution in [-0.2, 0) is 15.9 Å². The molecule has 0 heterocycles. The van der Waals surface area contributed by atoms with Gasteiger partial charge in [-0.15, -0.1) is 0 Å². The molecule has 4 rings (SSSR count). The van der Waals surface area contributed by atoms with Crippen LogP contribution in [-0.4, -0.2) is 33.3 Å². The van der Waals surface area contributed by atoms with Crippen LogP contribution in [0.15, 0.2) is 89.8 Å². The lowest BCUT2D eigenvalue weighted by Gasteiger charge is -2.20. The van der Waals surface area contributed by atoms with Gasteiger partial charge in [0.15, 0.2) is 6.10 Å². The smallest absolute Gasteiger partial charge is 0.431 e. The third-order valence-electron chi connectivity index (χ3n) is 8.12. The molecule has 1 amide bonds. The number of nitrogens with zero attached hydrogens (tertiary/aromatic N) is 1. The van der Waals surface area contributed by atoms with E-state index in [-0.39, 0.29) is 37.8 Å². The van der Waals surface area contributed by atoms with Gasteiger partial charge >= 0.3 is 6.23 Å². The molecule has 4 aromatic rings. The molecule has 3 atom stereocenters. The lowest BCUT2D eigenvalue weighted by atomic mass is 10.0. The molecule has 0 aliphatic rings. The highest BCUT2D eigenvalue weighted by molar-refractivity contribution is 7.80. The molecule has 4 aromatic carbocycles. The number of amides is 1. The highest BCUT2D eigenvalue weighted by atomic mass is 35.5. The van der Waals surface area contributed by atoms with Gasteiger partial charge in [-0.05, 0) is 86.5 Å². The van der Waals surface area contributed by atoms with Gasteiger partial charge in [0.05, 0.1) is 14.9 Å². The first kappa shape index (κ1) is 40.2. The Morgan fingerprint density at radius 3 is 2.12 bits per heavy atom. The average Bonchev–Trinajstić information content (AvgIpc) is 3.14. The number of nitrogens with one attached hydrogen (secondary N) is 1. The predicted octanol–water partition coefficient (Wildman–Crippen LogP) is 10.5. The number of phenols is 1. The average molecular weight is 766 g/mol. The normalized spacial score (nSPS) is 12.6. The Morgan fingerprint density at radius 2 is 1.48 bits per heavy atom. The molecule has 0 saturated heterocycles. The Hall–Kier alpha value is -4.56. The second kappa shape index (κ2) is 20.5. The number of carbonyl (C=O) groups is 2. The molecular weight excluding hydrogens is 723 g/mol. The molecule has 52 heavy (non-hydrogen) atoms. The fraction of sp³-hybridized carbons (Fsp3) is 0.325. The van der Waals surface area contributed by atoms with E-state index in [2.05, 4.69) is 17.1 Å².